The second-order valence-electron chi connectivity index (χ2n) is 7.47. The Bertz CT molecular complexity index is 1130. The molecule has 166 valence electrons. The molecule has 3 heterocycles. The molecule has 1 aliphatic rings. The summed E-state index contributed by atoms with van der Waals surface area (Å²) < 4.78 is 11.0. The molecular formula is C23H27N7O2. The van der Waals surface area contributed by atoms with Gasteiger partial charge in [0.1, 0.15) is 11.3 Å². The van der Waals surface area contributed by atoms with Crippen molar-refractivity contribution < 1.29 is 9.47 Å². The zero-order valence-electron chi connectivity index (χ0n) is 18.2. The molecule has 1 atom stereocenters. The van der Waals surface area contributed by atoms with E-state index in [4.69, 9.17) is 19.9 Å². The van der Waals surface area contributed by atoms with Crippen LogP contribution >= 0.6 is 0 Å². The number of anilines is 3. The van der Waals surface area contributed by atoms with Crippen LogP contribution in [0.15, 0.2) is 42.9 Å². The Labute approximate surface area is 186 Å². The summed E-state index contributed by atoms with van der Waals surface area (Å²) in [7, 11) is 3.41. The minimum atomic E-state index is 0.446. The van der Waals surface area contributed by atoms with Gasteiger partial charge in [0.25, 0.3) is 0 Å². The van der Waals surface area contributed by atoms with Crippen molar-refractivity contribution in [3.8, 4) is 5.75 Å². The first-order valence-electron chi connectivity index (χ1n) is 10.5. The number of rotatable bonds is 9. The number of ether oxygens (including phenoxy) is 2. The first-order valence-corrected chi connectivity index (χ1v) is 10.5. The second kappa shape index (κ2) is 10.1. The summed E-state index contributed by atoms with van der Waals surface area (Å²) in [6, 6.07) is 7.57. The molecule has 0 radical (unpaired) electrons. The van der Waals surface area contributed by atoms with E-state index in [1.807, 2.05) is 24.3 Å². The van der Waals surface area contributed by atoms with Crippen LogP contribution in [0.5, 0.6) is 5.75 Å². The maximum Gasteiger partial charge on any atom is 0.227 e. The minimum absolute atomic E-state index is 0.446. The second-order valence-corrected chi connectivity index (χ2v) is 7.47. The fourth-order valence-corrected chi connectivity index (χ4v) is 3.59. The van der Waals surface area contributed by atoms with E-state index in [9.17, 15) is 0 Å². The third-order valence-corrected chi connectivity index (χ3v) is 5.32. The fraction of sp³-hybridized carbons (Fsp3) is 0.304. The number of hydrogen-bond donors (Lipinski definition) is 4. The average Bonchev–Trinajstić information content (AvgIpc) is 3.35. The lowest BCUT2D eigenvalue weighted by atomic mass is 10.1. The van der Waals surface area contributed by atoms with Crippen LogP contribution in [-0.4, -0.2) is 55.1 Å². The summed E-state index contributed by atoms with van der Waals surface area (Å²) in [6.45, 7) is 2.39. The highest BCUT2D eigenvalue weighted by atomic mass is 16.5. The number of nitrogens with one attached hydrogen (secondary N) is 4. The molecule has 1 saturated heterocycles. The van der Waals surface area contributed by atoms with Crippen LogP contribution < -0.4 is 20.7 Å². The third-order valence-electron chi connectivity index (χ3n) is 5.32. The molecular weight excluding hydrogens is 406 g/mol. The van der Waals surface area contributed by atoms with Gasteiger partial charge in [-0.25, -0.2) is 15.0 Å². The van der Waals surface area contributed by atoms with Crippen molar-refractivity contribution in [3.63, 3.8) is 0 Å². The maximum absolute atomic E-state index is 7.62. The normalized spacial score (nSPS) is 16.1. The van der Waals surface area contributed by atoms with Crippen molar-refractivity contribution in [1.82, 2.24) is 20.3 Å². The van der Waals surface area contributed by atoms with Crippen molar-refractivity contribution in [2.75, 3.05) is 44.5 Å². The Morgan fingerprint density at radius 2 is 2.22 bits per heavy atom. The van der Waals surface area contributed by atoms with Gasteiger partial charge in [0.15, 0.2) is 5.82 Å². The standard InChI is InChI=1S/C23H27N7O2/c1-25-12-18(10-24)16-3-4-19(20(9-16)31-2)29-23-28-13-17-5-7-26-22(21(17)30-23)27-11-15-6-8-32-14-15/h3-5,7,9-10,12-13,15,24-25H,6,8,11,14H2,1-2H3,(H,26,27)(H,28,29,30)/b18-12+,24-10?. The topological polar surface area (TPSA) is 117 Å². The van der Waals surface area contributed by atoms with Gasteiger partial charge >= 0.3 is 0 Å². The van der Waals surface area contributed by atoms with E-state index in [2.05, 4.69) is 25.9 Å². The zero-order chi connectivity index (χ0) is 22.3. The molecule has 0 bridgehead atoms. The van der Waals surface area contributed by atoms with Crippen LogP contribution in [0.2, 0.25) is 0 Å². The lowest BCUT2D eigenvalue weighted by Gasteiger charge is -2.14. The van der Waals surface area contributed by atoms with Crippen molar-refractivity contribution in [2.24, 2.45) is 5.92 Å². The SMILES string of the molecule is CN/C=C(\C=N)c1ccc(Nc2ncc3ccnc(NCC4CCOC4)c3n2)c(OC)c1. The molecule has 4 N–H and O–H groups in total. The molecule has 0 aliphatic carbocycles. The van der Waals surface area contributed by atoms with Gasteiger partial charge in [-0.3, -0.25) is 0 Å². The van der Waals surface area contributed by atoms with Crippen LogP contribution in [0.4, 0.5) is 17.5 Å². The van der Waals surface area contributed by atoms with E-state index >= 15 is 0 Å². The molecule has 4 rings (SSSR count). The van der Waals surface area contributed by atoms with Crippen LogP contribution in [0.3, 0.4) is 0 Å². The summed E-state index contributed by atoms with van der Waals surface area (Å²) in [4.78, 5) is 13.6. The van der Waals surface area contributed by atoms with Gasteiger partial charge in [-0.15, -0.1) is 0 Å². The molecule has 0 spiro atoms. The van der Waals surface area contributed by atoms with Gasteiger partial charge in [-0.05, 0) is 30.2 Å². The smallest absolute Gasteiger partial charge is 0.227 e. The van der Waals surface area contributed by atoms with Crippen molar-refractivity contribution >= 4 is 40.1 Å². The highest BCUT2D eigenvalue weighted by Crippen LogP contribution is 2.30. The van der Waals surface area contributed by atoms with Gasteiger partial charge in [0.05, 0.1) is 19.4 Å². The summed E-state index contributed by atoms with van der Waals surface area (Å²) in [5, 5.41) is 18.1. The average molecular weight is 434 g/mol. The van der Waals surface area contributed by atoms with Crippen LogP contribution in [-0.2, 0) is 4.74 Å². The number of pyridine rings is 1. The summed E-state index contributed by atoms with van der Waals surface area (Å²) in [6.07, 6.45) is 7.65. The van der Waals surface area contributed by atoms with Gasteiger partial charge < -0.3 is 30.8 Å². The van der Waals surface area contributed by atoms with Crippen molar-refractivity contribution in [1.29, 1.82) is 5.41 Å². The number of hydrogen-bond acceptors (Lipinski definition) is 9. The van der Waals surface area contributed by atoms with E-state index in [1.54, 1.807) is 32.8 Å². The van der Waals surface area contributed by atoms with E-state index < -0.39 is 0 Å². The van der Waals surface area contributed by atoms with Gasteiger partial charge in [0, 0.05) is 61.9 Å². The molecule has 0 amide bonds. The maximum atomic E-state index is 7.62. The minimum Gasteiger partial charge on any atom is -0.495 e. The van der Waals surface area contributed by atoms with Gasteiger partial charge in [-0.2, -0.15) is 0 Å². The Hall–Kier alpha value is -3.72. The Kier molecular flexibility index (Phi) is 6.76. The Morgan fingerprint density at radius 3 is 2.97 bits per heavy atom. The van der Waals surface area contributed by atoms with Crippen LogP contribution in [0.1, 0.15) is 12.0 Å². The molecule has 0 saturated carbocycles. The highest BCUT2D eigenvalue weighted by molar-refractivity contribution is 6.08. The number of allylic oxidation sites excluding steroid dienone is 1. The molecule has 1 fully saturated rings. The van der Waals surface area contributed by atoms with Crippen LogP contribution in [0.25, 0.3) is 16.5 Å². The first kappa shape index (κ1) is 21.5. The number of benzene rings is 1. The zero-order valence-corrected chi connectivity index (χ0v) is 18.2. The molecule has 32 heavy (non-hydrogen) atoms. The molecule has 1 aliphatic heterocycles. The van der Waals surface area contributed by atoms with Crippen LogP contribution in [0, 0.1) is 11.3 Å². The number of aromatic nitrogens is 3. The molecule has 9 nitrogen and oxygen atoms in total. The van der Waals surface area contributed by atoms with Gasteiger partial charge in [0.2, 0.25) is 5.95 Å². The largest absolute Gasteiger partial charge is 0.495 e. The molecule has 1 aromatic carbocycles. The van der Waals surface area contributed by atoms with Gasteiger partial charge in [-0.1, -0.05) is 6.07 Å². The lowest BCUT2D eigenvalue weighted by molar-refractivity contribution is 0.187. The lowest BCUT2D eigenvalue weighted by Crippen LogP contribution is -2.15. The summed E-state index contributed by atoms with van der Waals surface area (Å²) in [5.41, 5.74) is 3.09. The predicted molar refractivity (Wildman–Crippen MR) is 127 cm³/mol. The third kappa shape index (κ3) is 4.78. The van der Waals surface area contributed by atoms with E-state index in [-0.39, 0.29) is 0 Å². The van der Waals surface area contributed by atoms with E-state index in [0.29, 0.717) is 17.6 Å². The molecule has 1 unspecified atom stereocenters. The summed E-state index contributed by atoms with van der Waals surface area (Å²) >= 11 is 0. The monoisotopic (exact) mass is 433 g/mol. The van der Waals surface area contributed by atoms with E-state index in [1.165, 1.54) is 6.21 Å². The Morgan fingerprint density at radius 1 is 1.31 bits per heavy atom. The molecule has 9 heteroatoms. The molecule has 3 aromatic rings. The number of nitrogens with zero attached hydrogens (tertiary/aromatic N) is 3. The Balaban J connectivity index is 1.59. The number of fused-ring (bicyclic) bond motifs is 1. The summed E-state index contributed by atoms with van der Waals surface area (Å²) in [5.74, 6) is 2.29. The highest BCUT2D eigenvalue weighted by Gasteiger charge is 2.16. The number of methoxy groups -OCH3 is 1. The van der Waals surface area contributed by atoms with Crippen molar-refractivity contribution in [2.45, 2.75) is 6.42 Å². The quantitative estimate of drug-likeness (QED) is 0.379. The molecule has 2 aromatic heterocycles. The van der Waals surface area contributed by atoms with E-state index in [0.717, 1.165) is 59.7 Å². The first-order chi connectivity index (χ1) is 15.7. The predicted octanol–water partition coefficient (Wildman–Crippen LogP) is 3.44. The van der Waals surface area contributed by atoms with Crippen molar-refractivity contribution in [3.05, 3.63) is 48.4 Å². The fourth-order valence-electron chi connectivity index (χ4n) is 3.59.